The monoisotopic (exact) mass is 189 g/mol. The van der Waals surface area contributed by atoms with Gasteiger partial charge in [-0.05, 0) is 6.42 Å². The molecule has 0 aliphatic carbocycles. The van der Waals surface area contributed by atoms with Crippen molar-refractivity contribution in [3.05, 3.63) is 0 Å². The number of nitrogens with zero attached hydrogens (tertiary/aromatic N) is 1. The zero-order chi connectivity index (χ0) is 9.59. The van der Waals surface area contributed by atoms with Crippen LogP contribution in [0.1, 0.15) is 6.42 Å². The predicted octanol–water partition coefficient (Wildman–Crippen LogP) is -2.48. The molecule has 76 valence electrons. The zero-order valence-electron chi connectivity index (χ0n) is 7.24. The van der Waals surface area contributed by atoms with Gasteiger partial charge in [-0.15, -0.1) is 0 Å². The predicted molar refractivity (Wildman–Crippen MR) is 44.0 cm³/mol. The molecule has 5 nitrogen and oxygen atoms in total. The van der Waals surface area contributed by atoms with Crippen molar-refractivity contribution in [2.75, 3.05) is 13.2 Å². The van der Waals surface area contributed by atoms with Gasteiger partial charge in [0.2, 0.25) is 0 Å². The lowest BCUT2D eigenvalue weighted by atomic mass is 10.0. The molecule has 2 saturated heterocycles. The number of rotatable bonds is 1. The molecule has 0 bridgehead atoms. The van der Waals surface area contributed by atoms with Gasteiger partial charge in [-0.1, -0.05) is 0 Å². The first-order chi connectivity index (χ1) is 6.16. The van der Waals surface area contributed by atoms with Gasteiger partial charge in [-0.2, -0.15) is 0 Å². The minimum absolute atomic E-state index is 0.179. The summed E-state index contributed by atoms with van der Waals surface area (Å²) in [6.45, 7) is 0.451. The van der Waals surface area contributed by atoms with Crippen LogP contribution < -0.4 is 0 Å². The normalized spacial score (nSPS) is 51.2. The molecule has 0 aromatic rings. The maximum absolute atomic E-state index is 9.58. The van der Waals surface area contributed by atoms with Crippen molar-refractivity contribution >= 4 is 0 Å². The summed E-state index contributed by atoms with van der Waals surface area (Å²) in [4.78, 5) is 1.79. The average molecular weight is 189 g/mol. The third-order valence-electron chi connectivity index (χ3n) is 3.17. The first kappa shape index (κ1) is 9.36. The first-order valence-electron chi connectivity index (χ1n) is 4.57. The molecule has 0 saturated carbocycles. The second-order valence-corrected chi connectivity index (χ2v) is 3.82. The van der Waals surface area contributed by atoms with Crippen LogP contribution in [-0.4, -0.2) is 68.9 Å². The molecule has 4 N–H and O–H groups in total. The number of fused-ring (bicyclic) bond motifs is 1. The van der Waals surface area contributed by atoms with Crippen molar-refractivity contribution in [1.82, 2.24) is 4.90 Å². The molecule has 2 rings (SSSR count). The molecule has 2 heterocycles. The SMILES string of the molecule is OC[C@@H]1[C@@H](O)[C@@H](O)C2[C@@H](O)CCN21. The summed E-state index contributed by atoms with van der Waals surface area (Å²) in [7, 11) is 0. The molecule has 1 unspecified atom stereocenters. The van der Waals surface area contributed by atoms with Gasteiger partial charge in [-0.25, -0.2) is 0 Å². The highest BCUT2D eigenvalue weighted by molar-refractivity contribution is 5.06. The summed E-state index contributed by atoms with van der Waals surface area (Å²) in [5, 5.41) is 37.6. The lowest BCUT2D eigenvalue weighted by molar-refractivity contribution is -0.000895. The van der Waals surface area contributed by atoms with Crippen LogP contribution in [0.5, 0.6) is 0 Å². The molecule has 5 heteroatoms. The maximum atomic E-state index is 9.58. The molecule has 0 amide bonds. The molecular formula is C8H15NO4. The smallest absolute Gasteiger partial charge is 0.0995 e. The van der Waals surface area contributed by atoms with Crippen LogP contribution in [-0.2, 0) is 0 Å². The Balaban J connectivity index is 2.19. The van der Waals surface area contributed by atoms with Crippen molar-refractivity contribution < 1.29 is 20.4 Å². The minimum atomic E-state index is -0.940. The van der Waals surface area contributed by atoms with Gasteiger partial charge in [0.05, 0.1) is 37.0 Å². The van der Waals surface area contributed by atoms with E-state index in [9.17, 15) is 15.3 Å². The van der Waals surface area contributed by atoms with Crippen LogP contribution in [0.25, 0.3) is 0 Å². The lowest BCUT2D eigenvalue weighted by Gasteiger charge is -2.22. The Morgan fingerprint density at radius 2 is 1.85 bits per heavy atom. The summed E-state index contributed by atoms with van der Waals surface area (Å²) in [6, 6.07) is -0.815. The van der Waals surface area contributed by atoms with Crippen molar-refractivity contribution in [2.45, 2.75) is 36.8 Å². The summed E-state index contributed by atoms with van der Waals surface area (Å²) >= 11 is 0. The van der Waals surface area contributed by atoms with E-state index >= 15 is 0 Å². The number of hydrogen-bond donors (Lipinski definition) is 4. The highest BCUT2D eigenvalue weighted by atomic mass is 16.3. The molecule has 13 heavy (non-hydrogen) atoms. The molecular weight excluding hydrogens is 174 g/mol. The second-order valence-electron chi connectivity index (χ2n) is 3.82. The minimum Gasteiger partial charge on any atom is -0.395 e. The Kier molecular flexibility index (Phi) is 2.29. The fourth-order valence-electron chi connectivity index (χ4n) is 2.47. The van der Waals surface area contributed by atoms with Crippen LogP contribution >= 0.6 is 0 Å². The van der Waals surface area contributed by atoms with Crippen LogP contribution in [0.3, 0.4) is 0 Å². The lowest BCUT2D eigenvalue weighted by Crippen LogP contribution is -2.39. The Bertz CT molecular complexity index is 201. The third-order valence-corrected chi connectivity index (χ3v) is 3.17. The fraction of sp³-hybridized carbons (Fsp3) is 1.00. The molecule has 0 aromatic carbocycles. The van der Waals surface area contributed by atoms with Crippen molar-refractivity contribution in [1.29, 1.82) is 0 Å². The number of aliphatic hydroxyl groups is 4. The summed E-state index contributed by atoms with van der Waals surface area (Å²) < 4.78 is 0. The zero-order valence-corrected chi connectivity index (χ0v) is 7.24. The van der Waals surface area contributed by atoms with E-state index in [1.165, 1.54) is 0 Å². The Hall–Kier alpha value is -0.200. The molecule has 0 radical (unpaired) electrons. The summed E-state index contributed by atoms with van der Waals surface area (Å²) in [5.74, 6) is 0. The standard InChI is InChI=1S/C8H15NO4/c10-3-4-7(12)8(13)6-5(11)1-2-9(4)6/h4-8,10-13H,1-3H2/t4-,5+,6?,7-,8+/m1/s1. The highest BCUT2D eigenvalue weighted by Gasteiger charge is 2.52. The second kappa shape index (κ2) is 3.18. The fourth-order valence-corrected chi connectivity index (χ4v) is 2.47. The van der Waals surface area contributed by atoms with E-state index in [1.807, 2.05) is 0 Å². The van der Waals surface area contributed by atoms with E-state index in [0.717, 1.165) is 0 Å². The Labute approximate surface area is 76.2 Å². The molecule has 5 atom stereocenters. The van der Waals surface area contributed by atoms with Gasteiger partial charge in [0.25, 0.3) is 0 Å². The Morgan fingerprint density at radius 1 is 1.15 bits per heavy atom. The van der Waals surface area contributed by atoms with Gasteiger partial charge >= 0.3 is 0 Å². The molecule has 2 aliphatic rings. The largest absolute Gasteiger partial charge is 0.395 e. The van der Waals surface area contributed by atoms with E-state index in [0.29, 0.717) is 13.0 Å². The summed E-state index contributed by atoms with van der Waals surface area (Å²) in [5.41, 5.74) is 0. The van der Waals surface area contributed by atoms with E-state index in [2.05, 4.69) is 0 Å². The average Bonchev–Trinajstić information content (AvgIpc) is 2.57. The van der Waals surface area contributed by atoms with Crippen LogP contribution in [0.2, 0.25) is 0 Å². The highest BCUT2D eigenvalue weighted by Crippen LogP contribution is 2.33. The van der Waals surface area contributed by atoms with Crippen molar-refractivity contribution in [2.24, 2.45) is 0 Å². The van der Waals surface area contributed by atoms with Gasteiger partial charge in [-0.3, -0.25) is 4.90 Å². The van der Waals surface area contributed by atoms with Crippen molar-refractivity contribution in [3.63, 3.8) is 0 Å². The van der Waals surface area contributed by atoms with Gasteiger partial charge in [0.15, 0.2) is 0 Å². The third kappa shape index (κ3) is 1.19. The molecule has 0 aromatic heterocycles. The molecule has 2 aliphatic heterocycles. The number of aliphatic hydroxyl groups excluding tert-OH is 4. The van der Waals surface area contributed by atoms with Crippen LogP contribution in [0, 0.1) is 0 Å². The summed E-state index contributed by atoms with van der Waals surface area (Å²) in [6.07, 6.45) is -1.86. The maximum Gasteiger partial charge on any atom is 0.0995 e. The van der Waals surface area contributed by atoms with Crippen LogP contribution in [0.4, 0.5) is 0 Å². The van der Waals surface area contributed by atoms with Gasteiger partial charge in [0.1, 0.15) is 0 Å². The Morgan fingerprint density at radius 3 is 2.46 bits per heavy atom. The van der Waals surface area contributed by atoms with E-state index < -0.39 is 30.4 Å². The first-order valence-corrected chi connectivity index (χ1v) is 4.57. The quantitative estimate of drug-likeness (QED) is 0.367. The van der Waals surface area contributed by atoms with E-state index in [1.54, 1.807) is 4.90 Å². The van der Waals surface area contributed by atoms with Gasteiger partial charge in [0, 0.05) is 6.54 Å². The molecule has 0 spiro atoms. The van der Waals surface area contributed by atoms with Crippen LogP contribution in [0.15, 0.2) is 0 Å². The van der Waals surface area contributed by atoms with Gasteiger partial charge < -0.3 is 20.4 Å². The van der Waals surface area contributed by atoms with E-state index in [-0.39, 0.29) is 6.61 Å². The molecule has 2 fully saturated rings. The number of hydrogen-bond acceptors (Lipinski definition) is 5. The van der Waals surface area contributed by atoms with Crippen molar-refractivity contribution in [3.8, 4) is 0 Å². The van der Waals surface area contributed by atoms with E-state index in [4.69, 9.17) is 5.11 Å². The topological polar surface area (TPSA) is 84.2 Å².